The predicted molar refractivity (Wildman–Crippen MR) is 100 cm³/mol. The summed E-state index contributed by atoms with van der Waals surface area (Å²) < 4.78 is 0. The molecule has 0 amide bonds. The first kappa shape index (κ1) is 15.9. The van der Waals surface area contributed by atoms with Gasteiger partial charge in [-0.25, -0.2) is 0 Å². The number of carboxylic acids is 1. The van der Waals surface area contributed by atoms with Crippen molar-refractivity contribution in [1.29, 1.82) is 10.5 Å². The van der Waals surface area contributed by atoms with E-state index in [2.05, 4.69) is 12.1 Å². The van der Waals surface area contributed by atoms with E-state index in [0.717, 1.165) is 37.9 Å². The van der Waals surface area contributed by atoms with Gasteiger partial charge in [-0.05, 0) is 52.1 Å². The summed E-state index contributed by atoms with van der Waals surface area (Å²) in [6.07, 6.45) is 1.22. The van der Waals surface area contributed by atoms with E-state index in [9.17, 15) is 15.3 Å². The van der Waals surface area contributed by atoms with Crippen LogP contribution >= 0.6 is 0 Å². The Kier molecular flexibility index (Phi) is 3.68. The highest BCUT2D eigenvalue weighted by Crippen LogP contribution is 2.39. The van der Waals surface area contributed by atoms with Gasteiger partial charge in [-0.2, -0.15) is 10.5 Å². The standard InChI is InChI=1S/C22H14N2O2/c23-11-16-9-15-8-7-13(3-2-6-19(25)26)20-17(12-24)10-14-4-1-5-18(16)21(14)22(15)20/h1,4-5,7-10H,2-3,6H2,(H,25,26). The van der Waals surface area contributed by atoms with Gasteiger partial charge < -0.3 is 5.11 Å². The molecule has 0 aromatic heterocycles. The lowest BCUT2D eigenvalue weighted by molar-refractivity contribution is -0.137. The van der Waals surface area contributed by atoms with Crippen molar-refractivity contribution < 1.29 is 9.90 Å². The van der Waals surface area contributed by atoms with Crippen molar-refractivity contribution in [2.45, 2.75) is 19.3 Å². The fourth-order valence-electron chi connectivity index (χ4n) is 3.83. The largest absolute Gasteiger partial charge is 0.481 e. The predicted octanol–water partition coefficient (Wildman–Crippen LogP) is 4.73. The Balaban J connectivity index is 2.10. The van der Waals surface area contributed by atoms with Crippen molar-refractivity contribution in [3.8, 4) is 12.1 Å². The first-order valence-electron chi connectivity index (χ1n) is 8.39. The highest BCUT2D eigenvalue weighted by atomic mass is 16.4. The van der Waals surface area contributed by atoms with Gasteiger partial charge in [-0.1, -0.05) is 30.3 Å². The molecular formula is C22H14N2O2. The lowest BCUT2D eigenvalue weighted by Crippen LogP contribution is -1.98. The van der Waals surface area contributed by atoms with E-state index in [1.165, 1.54) is 0 Å². The quantitative estimate of drug-likeness (QED) is 0.545. The summed E-state index contributed by atoms with van der Waals surface area (Å²) in [6.45, 7) is 0. The highest BCUT2D eigenvalue weighted by Gasteiger charge is 2.17. The van der Waals surface area contributed by atoms with E-state index in [-0.39, 0.29) is 6.42 Å². The maximum Gasteiger partial charge on any atom is 0.303 e. The van der Waals surface area contributed by atoms with Crippen molar-refractivity contribution in [3.63, 3.8) is 0 Å². The normalized spacial score (nSPS) is 11.0. The molecule has 0 unspecified atom stereocenters. The summed E-state index contributed by atoms with van der Waals surface area (Å²) in [5.41, 5.74) is 2.19. The zero-order chi connectivity index (χ0) is 18.3. The first-order chi connectivity index (χ1) is 12.6. The smallest absolute Gasteiger partial charge is 0.303 e. The van der Waals surface area contributed by atoms with Crippen LogP contribution < -0.4 is 0 Å². The number of aryl methyl sites for hydroxylation is 1. The summed E-state index contributed by atoms with van der Waals surface area (Å²) in [6, 6.07) is 18.0. The lowest BCUT2D eigenvalue weighted by Gasteiger charge is -2.16. The molecule has 4 aromatic carbocycles. The average Bonchev–Trinajstić information content (AvgIpc) is 2.65. The molecule has 4 rings (SSSR count). The summed E-state index contributed by atoms with van der Waals surface area (Å²) in [5.74, 6) is -0.818. The number of nitrogens with zero attached hydrogens (tertiary/aromatic N) is 2. The molecule has 0 heterocycles. The maximum atomic E-state index is 10.8. The van der Waals surface area contributed by atoms with Crippen LogP contribution in [-0.4, -0.2) is 11.1 Å². The maximum absolute atomic E-state index is 10.8. The van der Waals surface area contributed by atoms with Crippen LogP contribution in [0.1, 0.15) is 29.5 Å². The SMILES string of the molecule is N#Cc1cc2ccc(CCCC(=O)O)c3c(C#N)cc4cccc1c4c23. The second kappa shape index (κ2) is 6.02. The Hall–Kier alpha value is -3.63. The van der Waals surface area contributed by atoms with E-state index in [0.29, 0.717) is 24.0 Å². The van der Waals surface area contributed by atoms with Gasteiger partial charge in [0.25, 0.3) is 0 Å². The fourth-order valence-corrected chi connectivity index (χ4v) is 3.83. The van der Waals surface area contributed by atoms with Gasteiger partial charge in [0.05, 0.1) is 23.3 Å². The molecule has 0 aliphatic carbocycles. The number of carboxylic acid groups (broad SMARTS) is 1. The van der Waals surface area contributed by atoms with Crippen molar-refractivity contribution in [1.82, 2.24) is 0 Å². The number of hydrogen-bond acceptors (Lipinski definition) is 3. The second-order valence-electron chi connectivity index (χ2n) is 6.42. The summed E-state index contributed by atoms with van der Waals surface area (Å²) in [7, 11) is 0. The summed E-state index contributed by atoms with van der Waals surface area (Å²) in [4.78, 5) is 10.8. The summed E-state index contributed by atoms with van der Waals surface area (Å²) >= 11 is 0. The molecule has 0 fully saturated rings. The third-order valence-electron chi connectivity index (χ3n) is 4.91. The Morgan fingerprint density at radius 2 is 1.65 bits per heavy atom. The molecule has 0 spiro atoms. The van der Waals surface area contributed by atoms with E-state index in [1.54, 1.807) is 0 Å². The van der Waals surface area contributed by atoms with E-state index in [4.69, 9.17) is 5.11 Å². The Morgan fingerprint density at radius 1 is 0.923 bits per heavy atom. The Labute approximate surface area is 149 Å². The molecule has 4 aromatic rings. The second-order valence-corrected chi connectivity index (χ2v) is 6.42. The van der Waals surface area contributed by atoms with Crippen molar-refractivity contribution in [2.24, 2.45) is 0 Å². The molecule has 0 aliphatic rings. The van der Waals surface area contributed by atoms with Gasteiger partial charge in [-0.15, -0.1) is 0 Å². The van der Waals surface area contributed by atoms with Crippen LogP contribution in [0.3, 0.4) is 0 Å². The molecule has 124 valence electrons. The number of hydrogen-bond donors (Lipinski definition) is 1. The van der Waals surface area contributed by atoms with Gasteiger partial charge in [0.1, 0.15) is 0 Å². The molecule has 0 saturated heterocycles. The molecule has 0 saturated carbocycles. The topological polar surface area (TPSA) is 84.9 Å². The van der Waals surface area contributed by atoms with Crippen LogP contribution in [0, 0.1) is 22.7 Å². The number of aliphatic carboxylic acids is 1. The van der Waals surface area contributed by atoms with Crippen LogP contribution in [0.2, 0.25) is 0 Å². The van der Waals surface area contributed by atoms with Crippen LogP contribution in [0.5, 0.6) is 0 Å². The molecule has 1 N–H and O–H groups in total. The van der Waals surface area contributed by atoms with Gasteiger partial charge in [-0.3, -0.25) is 4.79 Å². The van der Waals surface area contributed by atoms with Crippen LogP contribution in [-0.2, 0) is 11.2 Å². The fraction of sp³-hybridized carbons (Fsp3) is 0.136. The lowest BCUT2D eigenvalue weighted by atomic mass is 9.86. The van der Waals surface area contributed by atoms with Gasteiger partial charge in [0.2, 0.25) is 0 Å². The monoisotopic (exact) mass is 338 g/mol. The molecule has 4 nitrogen and oxygen atoms in total. The van der Waals surface area contributed by atoms with Crippen LogP contribution in [0.4, 0.5) is 0 Å². The third kappa shape index (κ3) is 2.32. The minimum Gasteiger partial charge on any atom is -0.481 e. The molecular weight excluding hydrogens is 324 g/mol. The Morgan fingerprint density at radius 3 is 2.38 bits per heavy atom. The van der Waals surface area contributed by atoms with Crippen molar-refractivity contribution in [3.05, 3.63) is 59.2 Å². The minimum atomic E-state index is -0.818. The van der Waals surface area contributed by atoms with Gasteiger partial charge >= 0.3 is 5.97 Å². The minimum absolute atomic E-state index is 0.0996. The van der Waals surface area contributed by atoms with E-state index < -0.39 is 5.97 Å². The third-order valence-corrected chi connectivity index (χ3v) is 4.91. The number of benzene rings is 4. The van der Waals surface area contributed by atoms with Crippen molar-refractivity contribution >= 4 is 38.3 Å². The van der Waals surface area contributed by atoms with Gasteiger partial charge in [0.15, 0.2) is 0 Å². The van der Waals surface area contributed by atoms with Crippen LogP contribution in [0.25, 0.3) is 32.3 Å². The van der Waals surface area contributed by atoms with Crippen molar-refractivity contribution in [2.75, 3.05) is 0 Å². The molecule has 0 bridgehead atoms. The molecule has 0 atom stereocenters. The molecule has 26 heavy (non-hydrogen) atoms. The van der Waals surface area contributed by atoms with Crippen LogP contribution in [0.15, 0.2) is 42.5 Å². The van der Waals surface area contributed by atoms with E-state index in [1.807, 2.05) is 42.5 Å². The molecule has 0 aliphatic heterocycles. The zero-order valence-corrected chi connectivity index (χ0v) is 13.9. The molecule has 4 heteroatoms. The molecule has 0 radical (unpaired) electrons. The first-order valence-corrected chi connectivity index (χ1v) is 8.39. The average molecular weight is 338 g/mol. The highest BCUT2D eigenvalue weighted by molar-refractivity contribution is 6.26. The number of rotatable bonds is 4. The number of nitriles is 2. The summed E-state index contributed by atoms with van der Waals surface area (Å²) in [5, 5.41) is 33.7. The van der Waals surface area contributed by atoms with Gasteiger partial charge in [0, 0.05) is 17.2 Å². The Bertz CT molecular complexity index is 1260. The van der Waals surface area contributed by atoms with E-state index >= 15 is 0 Å². The number of carbonyl (C=O) groups is 1. The zero-order valence-electron chi connectivity index (χ0n) is 13.9.